The highest BCUT2D eigenvalue weighted by molar-refractivity contribution is 6.21. The Hall–Kier alpha value is -1.56. The maximum absolute atomic E-state index is 11.8. The van der Waals surface area contributed by atoms with E-state index in [0.29, 0.717) is 13.1 Å². The van der Waals surface area contributed by atoms with Crippen molar-refractivity contribution in [3.05, 3.63) is 28.0 Å². The second kappa shape index (κ2) is 4.13. The highest BCUT2D eigenvalue weighted by Crippen LogP contribution is 2.21. The summed E-state index contributed by atoms with van der Waals surface area (Å²) < 4.78 is 4.82. The van der Waals surface area contributed by atoms with Crippen LogP contribution < -0.4 is 0 Å². The fourth-order valence-electron chi connectivity index (χ4n) is 1.60. The van der Waals surface area contributed by atoms with Crippen LogP contribution in [-0.4, -0.2) is 34.2 Å². The van der Waals surface area contributed by atoms with E-state index >= 15 is 0 Å². The maximum atomic E-state index is 11.8. The molecule has 2 heterocycles. The topological polar surface area (TPSA) is 76.6 Å². The number of hydrogen-bond donors (Lipinski definition) is 0. The highest BCUT2D eigenvalue weighted by Gasteiger charge is 2.28. The van der Waals surface area contributed by atoms with Crippen molar-refractivity contribution < 1.29 is 14.1 Å². The Bertz CT molecular complexity index is 431. The van der Waals surface area contributed by atoms with E-state index < -0.39 is 10.8 Å². The zero-order chi connectivity index (χ0) is 11.7. The van der Waals surface area contributed by atoms with E-state index in [-0.39, 0.29) is 17.0 Å². The van der Waals surface area contributed by atoms with Gasteiger partial charge in [0.15, 0.2) is 5.76 Å². The number of nitro groups is 1. The van der Waals surface area contributed by atoms with Gasteiger partial charge in [0.05, 0.1) is 11.4 Å². The largest absolute Gasteiger partial charge is 0.433 e. The summed E-state index contributed by atoms with van der Waals surface area (Å²) in [7, 11) is 0. The van der Waals surface area contributed by atoms with Gasteiger partial charge in [-0.2, -0.15) is 0 Å². The van der Waals surface area contributed by atoms with Gasteiger partial charge in [-0.25, -0.2) is 0 Å². The lowest BCUT2D eigenvalue weighted by atomic mass is 10.4. The van der Waals surface area contributed by atoms with Crippen molar-refractivity contribution >= 4 is 23.4 Å². The summed E-state index contributed by atoms with van der Waals surface area (Å²) in [6.07, 6.45) is 0.732. The molecule has 1 saturated heterocycles. The number of hydrogen-bond acceptors (Lipinski definition) is 4. The minimum Gasteiger partial charge on any atom is -0.395 e. The van der Waals surface area contributed by atoms with Crippen LogP contribution in [0.2, 0.25) is 0 Å². The molecule has 6 nitrogen and oxygen atoms in total. The van der Waals surface area contributed by atoms with Crippen LogP contribution in [0.3, 0.4) is 0 Å². The highest BCUT2D eigenvalue weighted by atomic mass is 35.5. The van der Waals surface area contributed by atoms with Crippen molar-refractivity contribution in [1.29, 1.82) is 0 Å². The van der Waals surface area contributed by atoms with Crippen molar-refractivity contribution in [2.45, 2.75) is 11.8 Å². The fourth-order valence-corrected chi connectivity index (χ4v) is 1.86. The molecule has 1 amide bonds. The Kier molecular flexibility index (Phi) is 2.82. The molecule has 0 radical (unpaired) electrons. The minimum atomic E-state index is -0.675. The molecule has 2 rings (SSSR count). The van der Waals surface area contributed by atoms with Crippen LogP contribution in [0.5, 0.6) is 0 Å². The molecule has 1 atom stereocenters. The predicted octanol–water partition coefficient (Wildman–Crippen LogP) is 1.64. The first kappa shape index (κ1) is 10.9. The van der Waals surface area contributed by atoms with E-state index in [9.17, 15) is 14.9 Å². The standard InChI is InChI=1S/C9H9ClN2O4/c10-6-3-4-11(5-6)9(13)7-1-2-8(16-7)12(14)15/h1-2,6H,3-5H2. The molecule has 16 heavy (non-hydrogen) atoms. The number of amides is 1. The first-order valence-electron chi connectivity index (χ1n) is 4.75. The number of halogens is 1. The molecule has 86 valence electrons. The zero-order valence-corrected chi connectivity index (χ0v) is 9.01. The van der Waals surface area contributed by atoms with Crippen LogP contribution in [-0.2, 0) is 0 Å². The van der Waals surface area contributed by atoms with Gasteiger partial charge in [-0.15, -0.1) is 11.6 Å². The van der Waals surface area contributed by atoms with Crippen LogP contribution in [0.4, 0.5) is 5.88 Å². The summed E-state index contributed by atoms with van der Waals surface area (Å²) in [6.45, 7) is 1.01. The first-order valence-corrected chi connectivity index (χ1v) is 5.19. The van der Waals surface area contributed by atoms with E-state index in [2.05, 4.69) is 0 Å². The summed E-state index contributed by atoms with van der Waals surface area (Å²) in [6, 6.07) is 2.48. The van der Waals surface area contributed by atoms with Crippen LogP contribution >= 0.6 is 11.6 Å². The maximum Gasteiger partial charge on any atom is 0.433 e. The fraction of sp³-hybridized carbons (Fsp3) is 0.444. The Labute approximate surface area is 95.9 Å². The van der Waals surface area contributed by atoms with Crippen LogP contribution in [0.25, 0.3) is 0 Å². The van der Waals surface area contributed by atoms with Gasteiger partial charge in [-0.1, -0.05) is 0 Å². The lowest BCUT2D eigenvalue weighted by Crippen LogP contribution is -2.28. The Morgan fingerprint density at radius 1 is 1.62 bits per heavy atom. The molecule has 0 aliphatic carbocycles. The normalized spacial score (nSPS) is 20.1. The minimum absolute atomic E-state index is 0.0162. The number of carbonyl (C=O) groups is 1. The monoisotopic (exact) mass is 244 g/mol. The van der Waals surface area contributed by atoms with Crippen LogP contribution in [0, 0.1) is 10.1 Å². The summed E-state index contributed by atoms with van der Waals surface area (Å²) >= 11 is 5.86. The smallest absolute Gasteiger partial charge is 0.395 e. The molecule has 1 aliphatic rings. The van der Waals surface area contributed by atoms with E-state index in [0.717, 1.165) is 6.42 Å². The number of likely N-dealkylation sites (tertiary alicyclic amines) is 1. The van der Waals surface area contributed by atoms with Crippen molar-refractivity contribution in [2.24, 2.45) is 0 Å². The number of furan rings is 1. The molecule has 1 aliphatic heterocycles. The third kappa shape index (κ3) is 2.01. The summed E-state index contributed by atoms with van der Waals surface area (Å²) in [4.78, 5) is 23.0. The Balaban J connectivity index is 2.11. The van der Waals surface area contributed by atoms with Gasteiger partial charge < -0.3 is 9.32 Å². The third-order valence-corrected chi connectivity index (χ3v) is 2.76. The van der Waals surface area contributed by atoms with Crippen LogP contribution in [0.15, 0.2) is 16.5 Å². The average Bonchev–Trinajstić information content (AvgIpc) is 2.84. The van der Waals surface area contributed by atoms with Gasteiger partial charge in [-0.05, 0) is 12.5 Å². The average molecular weight is 245 g/mol. The molecule has 1 aromatic rings. The van der Waals surface area contributed by atoms with Gasteiger partial charge in [0, 0.05) is 13.1 Å². The molecule has 0 N–H and O–H groups in total. The molecule has 1 unspecified atom stereocenters. The lowest BCUT2D eigenvalue weighted by Gasteiger charge is -2.12. The number of nitrogens with zero attached hydrogens (tertiary/aromatic N) is 2. The molecule has 0 saturated carbocycles. The SMILES string of the molecule is O=C(c1ccc([N+](=O)[O-])o1)N1CCC(Cl)C1. The lowest BCUT2D eigenvalue weighted by molar-refractivity contribution is -0.402. The molecule has 0 spiro atoms. The summed E-state index contributed by atoms with van der Waals surface area (Å²) in [5.41, 5.74) is 0. The molecular formula is C9H9ClN2O4. The van der Waals surface area contributed by atoms with Gasteiger partial charge >= 0.3 is 5.88 Å². The Morgan fingerprint density at radius 3 is 2.88 bits per heavy atom. The van der Waals surface area contributed by atoms with Gasteiger partial charge in [0.2, 0.25) is 0 Å². The first-order chi connectivity index (χ1) is 7.58. The van der Waals surface area contributed by atoms with Crippen LogP contribution in [0.1, 0.15) is 17.0 Å². The van der Waals surface area contributed by atoms with E-state index in [4.69, 9.17) is 16.0 Å². The third-order valence-electron chi connectivity index (χ3n) is 2.40. The molecule has 1 fully saturated rings. The second-order valence-electron chi connectivity index (χ2n) is 3.53. The molecule has 1 aromatic heterocycles. The van der Waals surface area contributed by atoms with E-state index in [1.54, 1.807) is 0 Å². The number of rotatable bonds is 2. The van der Waals surface area contributed by atoms with Gasteiger partial charge in [0.25, 0.3) is 5.91 Å². The zero-order valence-electron chi connectivity index (χ0n) is 8.26. The Morgan fingerprint density at radius 2 is 2.38 bits per heavy atom. The number of alkyl halides is 1. The van der Waals surface area contributed by atoms with E-state index in [1.807, 2.05) is 0 Å². The quantitative estimate of drug-likeness (QED) is 0.450. The van der Waals surface area contributed by atoms with Gasteiger partial charge in [-0.3, -0.25) is 14.9 Å². The number of carbonyl (C=O) groups excluding carboxylic acids is 1. The van der Waals surface area contributed by atoms with Crippen molar-refractivity contribution in [3.63, 3.8) is 0 Å². The summed E-state index contributed by atoms with van der Waals surface area (Å²) in [5.74, 6) is -0.793. The predicted molar refractivity (Wildman–Crippen MR) is 55.5 cm³/mol. The summed E-state index contributed by atoms with van der Waals surface area (Å²) in [5, 5.41) is 10.3. The van der Waals surface area contributed by atoms with Crippen molar-refractivity contribution in [1.82, 2.24) is 4.90 Å². The molecule has 0 aromatic carbocycles. The molecule has 0 bridgehead atoms. The van der Waals surface area contributed by atoms with Crippen molar-refractivity contribution in [3.8, 4) is 0 Å². The molecule has 7 heteroatoms. The molecular weight excluding hydrogens is 236 g/mol. The second-order valence-corrected chi connectivity index (χ2v) is 4.15. The van der Waals surface area contributed by atoms with Crippen molar-refractivity contribution in [2.75, 3.05) is 13.1 Å². The van der Waals surface area contributed by atoms with Gasteiger partial charge in [0.1, 0.15) is 4.92 Å². The van der Waals surface area contributed by atoms with E-state index in [1.165, 1.54) is 17.0 Å².